The van der Waals surface area contributed by atoms with Gasteiger partial charge in [-0.15, -0.1) is 11.3 Å². The Morgan fingerprint density at radius 1 is 1.12 bits per heavy atom. The van der Waals surface area contributed by atoms with Crippen LogP contribution in [-0.4, -0.2) is 26.3 Å². The monoisotopic (exact) mass is 463 g/mol. The third-order valence-corrected chi connectivity index (χ3v) is 5.62. The van der Waals surface area contributed by atoms with Crippen LogP contribution in [0.4, 0.5) is 17.1 Å². The van der Waals surface area contributed by atoms with Crippen LogP contribution in [-0.2, 0) is 16.1 Å². The van der Waals surface area contributed by atoms with Crippen molar-refractivity contribution in [1.82, 2.24) is 9.55 Å². The third kappa shape index (κ3) is 4.77. The number of nitro groups is 1. The van der Waals surface area contributed by atoms with Gasteiger partial charge in [-0.05, 0) is 29.8 Å². The molecule has 2 N–H and O–H groups in total. The van der Waals surface area contributed by atoms with Gasteiger partial charge in [0.2, 0.25) is 11.8 Å². The quantitative estimate of drug-likeness (QED) is 0.331. The number of rotatable bonds is 6. The van der Waals surface area contributed by atoms with Crippen LogP contribution < -0.4 is 16.2 Å². The molecule has 10 nitrogen and oxygen atoms in total. The molecule has 2 aromatic heterocycles. The number of amides is 2. The number of non-ortho nitro benzene ring substituents is 1. The Morgan fingerprint density at radius 2 is 1.82 bits per heavy atom. The second-order valence-electron chi connectivity index (χ2n) is 7.12. The SMILES string of the molecule is CC(=O)Nc1ccc(NC(=O)Cn2cnc3scc(-c4cccc([N+](=O)[O-])c4)c3c2=O)cc1. The van der Waals surface area contributed by atoms with E-state index in [0.29, 0.717) is 32.7 Å². The number of fused-ring (bicyclic) bond motifs is 1. The molecule has 0 fully saturated rings. The molecule has 0 aliphatic carbocycles. The van der Waals surface area contributed by atoms with Crippen LogP contribution in [0.3, 0.4) is 0 Å². The Hall–Kier alpha value is -4.38. The van der Waals surface area contributed by atoms with E-state index in [-0.39, 0.29) is 18.1 Å². The number of nitrogens with zero attached hydrogens (tertiary/aromatic N) is 3. The van der Waals surface area contributed by atoms with Gasteiger partial charge in [0, 0.05) is 41.4 Å². The molecule has 0 saturated carbocycles. The van der Waals surface area contributed by atoms with Crippen molar-refractivity contribution >= 4 is 50.4 Å². The summed E-state index contributed by atoms with van der Waals surface area (Å²) in [5.74, 6) is -0.635. The maximum atomic E-state index is 13.1. The zero-order chi connectivity index (χ0) is 23.5. The van der Waals surface area contributed by atoms with Gasteiger partial charge in [0.25, 0.3) is 11.2 Å². The van der Waals surface area contributed by atoms with Crippen LogP contribution in [0.2, 0.25) is 0 Å². The second-order valence-corrected chi connectivity index (χ2v) is 7.98. The number of carbonyl (C=O) groups excluding carboxylic acids is 2. The maximum absolute atomic E-state index is 13.1. The van der Waals surface area contributed by atoms with Crippen molar-refractivity contribution < 1.29 is 14.5 Å². The highest BCUT2D eigenvalue weighted by Gasteiger charge is 2.16. The van der Waals surface area contributed by atoms with Crippen LogP contribution in [0.5, 0.6) is 0 Å². The molecule has 0 spiro atoms. The van der Waals surface area contributed by atoms with Gasteiger partial charge in [0.15, 0.2) is 0 Å². The predicted octanol–water partition coefficient (Wildman–Crippen LogP) is 3.63. The molecule has 2 amide bonds. The highest BCUT2D eigenvalue weighted by Crippen LogP contribution is 2.32. The summed E-state index contributed by atoms with van der Waals surface area (Å²) >= 11 is 1.25. The summed E-state index contributed by atoms with van der Waals surface area (Å²) in [5.41, 5.74) is 1.65. The standard InChI is InChI=1S/C22H17N5O5S/c1-13(28)24-15-5-7-16(8-6-15)25-19(29)10-26-12-23-21-20(22(26)30)18(11-33-21)14-3-2-4-17(9-14)27(31)32/h2-9,11-12H,10H2,1H3,(H,24,28)(H,25,29). The van der Waals surface area contributed by atoms with E-state index >= 15 is 0 Å². The molecule has 2 heterocycles. The Morgan fingerprint density at radius 3 is 2.48 bits per heavy atom. The molecule has 0 saturated heterocycles. The minimum Gasteiger partial charge on any atom is -0.326 e. The summed E-state index contributed by atoms with van der Waals surface area (Å²) in [6.45, 7) is 1.13. The van der Waals surface area contributed by atoms with Crippen molar-refractivity contribution in [2.24, 2.45) is 0 Å². The van der Waals surface area contributed by atoms with Crippen LogP contribution in [0.1, 0.15) is 6.92 Å². The van der Waals surface area contributed by atoms with E-state index in [4.69, 9.17) is 0 Å². The average molecular weight is 463 g/mol. The molecule has 2 aromatic carbocycles. The average Bonchev–Trinajstić information content (AvgIpc) is 3.22. The molecule has 33 heavy (non-hydrogen) atoms. The van der Waals surface area contributed by atoms with Crippen LogP contribution in [0.15, 0.2) is 65.0 Å². The van der Waals surface area contributed by atoms with E-state index < -0.39 is 16.4 Å². The van der Waals surface area contributed by atoms with Crippen molar-refractivity contribution in [3.05, 3.63) is 80.7 Å². The largest absolute Gasteiger partial charge is 0.326 e. The topological polar surface area (TPSA) is 136 Å². The fourth-order valence-corrected chi connectivity index (χ4v) is 4.18. The summed E-state index contributed by atoms with van der Waals surface area (Å²) < 4.78 is 1.19. The summed E-state index contributed by atoms with van der Waals surface area (Å²) in [6, 6.07) is 12.6. The summed E-state index contributed by atoms with van der Waals surface area (Å²) in [7, 11) is 0. The summed E-state index contributed by atoms with van der Waals surface area (Å²) in [6.07, 6.45) is 1.30. The Balaban J connectivity index is 1.58. The Kier molecular flexibility index (Phi) is 5.96. The first-order valence-electron chi connectivity index (χ1n) is 9.71. The van der Waals surface area contributed by atoms with Crippen LogP contribution in [0, 0.1) is 10.1 Å². The summed E-state index contributed by atoms with van der Waals surface area (Å²) in [5, 5.41) is 18.5. The van der Waals surface area contributed by atoms with Gasteiger partial charge < -0.3 is 10.6 Å². The number of thiophene rings is 1. The normalized spacial score (nSPS) is 10.7. The first kappa shape index (κ1) is 21.8. The van der Waals surface area contributed by atoms with E-state index in [1.54, 1.807) is 41.8 Å². The molecule has 0 aliphatic heterocycles. The molecule has 0 unspecified atom stereocenters. The molecule has 0 atom stereocenters. The van der Waals surface area contributed by atoms with E-state index in [1.807, 2.05) is 0 Å². The summed E-state index contributed by atoms with van der Waals surface area (Å²) in [4.78, 5) is 52.1. The van der Waals surface area contributed by atoms with Crippen LogP contribution >= 0.6 is 11.3 Å². The first-order valence-corrected chi connectivity index (χ1v) is 10.6. The number of carbonyl (C=O) groups is 2. The highest BCUT2D eigenvalue weighted by molar-refractivity contribution is 7.17. The van der Waals surface area contributed by atoms with Gasteiger partial charge in [-0.3, -0.25) is 29.1 Å². The Bertz CT molecular complexity index is 1440. The van der Waals surface area contributed by atoms with E-state index in [9.17, 15) is 24.5 Å². The lowest BCUT2D eigenvalue weighted by atomic mass is 10.1. The number of benzene rings is 2. The molecule has 0 radical (unpaired) electrons. The molecule has 0 bridgehead atoms. The number of nitro benzene ring substituents is 1. The number of aromatic nitrogens is 2. The van der Waals surface area contributed by atoms with Gasteiger partial charge in [0.1, 0.15) is 11.4 Å². The lowest BCUT2D eigenvalue weighted by Crippen LogP contribution is -2.27. The molecular weight excluding hydrogens is 446 g/mol. The number of anilines is 2. The van der Waals surface area contributed by atoms with Gasteiger partial charge in [-0.1, -0.05) is 12.1 Å². The first-order chi connectivity index (χ1) is 15.8. The predicted molar refractivity (Wildman–Crippen MR) is 125 cm³/mol. The van der Waals surface area contributed by atoms with E-state index in [1.165, 1.54) is 41.3 Å². The smallest absolute Gasteiger partial charge is 0.270 e. The van der Waals surface area contributed by atoms with Crippen molar-refractivity contribution in [1.29, 1.82) is 0 Å². The fraction of sp³-hybridized carbons (Fsp3) is 0.0909. The van der Waals surface area contributed by atoms with Crippen molar-refractivity contribution in [2.75, 3.05) is 10.6 Å². The number of hydrogen-bond acceptors (Lipinski definition) is 7. The molecule has 4 rings (SSSR count). The molecule has 4 aromatic rings. The lowest BCUT2D eigenvalue weighted by Gasteiger charge is -2.09. The number of nitrogens with one attached hydrogen (secondary N) is 2. The van der Waals surface area contributed by atoms with Gasteiger partial charge in [0.05, 0.1) is 16.6 Å². The zero-order valence-electron chi connectivity index (χ0n) is 17.3. The zero-order valence-corrected chi connectivity index (χ0v) is 18.1. The maximum Gasteiger partial charge on any atom is 0.270 e. The van der Waals surface area contributed by atoms with Crippen molar-refractivity contribution in [3.63, 3.8) is 0 Å². The molecular formula is C22H17N5O5S. The third-order valence-electron chi connectivity index (χ3n) is 4.73. The Labute approximate surface area is 190 Å². The van der Waals surface area contributed by atoms with E-state index in [0.717, 1.165) is 0 Å². The lowest BCUT2D eigenvalue weighted by molar-refractivity contribution is -0.384. The van der Waals surface area contributed by atoms with Crippen LogP contribution in [0.25, 0.3) is 21.3 Å². The minimum atomic E-state index is -0.498. The molecule has 0 aliphatic rings. The second kappa shape index (κ2) is 9.01. The van der Waals surface area contributed by atoms with Gasteiger partial charge in [-0.25, -0.2) is 4.98 Å². The van der Waals surface area contributed by atoms with Crippen molar-refractivity contribution in [3.8, 4) is 11.1 Å². The van der Waals surface area contributed by atoms with E-state index in [2.05, 4.69) is 15.6 Å². The minimum absolute atomic E-state index is 0.0834. The number of hydrogen-bond donors (Lipinski definition) is 2. The van der Waals surface area contributed by atoms with Crippen molar-refractivity contribution in [2.45, 2.75) is 13.5 Å². The highest BCUT2D eigenvalue weighted by atomic mass is 32.1. The van der Waals surface area contributed by atoms with Gasteiger partial charge >= 0.3 is 0 Å². The molecule has 166 valence electrons. The van der Waals surface area contributed by atoms with Gasteiger partial charge in [-0.2, -0.15) is 0 Å². The molecule has 11 heteroatoms. The fourth-order valence-electron chi connectivity index (χ4n) is 3.28.